The van der Waals surface area contributed by atoms with Crippen molar-refractivity contribution in [3.8, 4) is 0 Å². The third-order valence-corrected chi connectivity index (χ3v) is 2.36. The van der Waals surface area contributed by atoms with Gasteiger partial charge in [-0.25, -0.2) is 8.78 Å². The van der Waals surface area contributed by atoms with Gasteiger partial charge in [-0.3, -0.25) is 0 Å². The zero-order valence-corrected chi connectivity index (χ0v) is 9.42. The van der Waals surface area contributed by atoms with Crippen molar-refractivity contribution in [1.82, 2.24) is 0 Å². The van der Waals surface area contributed by atoms with Crippen LogP contribution in [0.1, 0.15) is 31.8 Å². The van der Waals surface area contributed by atoms with Crippen molar-refractivity contribution in [2.24, 2.45) is 0 Å². The molecule has 0 aliphatic rings. The molecule has 1 atom stereocenters. The van der Waals surface area contributed by atoms with Crippen LogP contribution < -0.4 is 5.32 Å². The van der Waals surface area contributed by atoms with E-state index in [0.29, 0.717) is 0 Å². The second-order valence-electron chi connectivity index (χ2n) is 3.84. The maximum absolute atomic E-state index is 12.4. The molecule has 0 heterocycles. The van der Waals surface area contributed by atoms with E-state index in [9.17, 15) is 8.78 Å². The van der Waals surface area contributed by atoms with Crippen LogP contribution in [-0.2, 0) is 0 Å². The topological polar surface area (TPSA) is 12.0 Å². The zero-order chi connectivity index (χ0) is 12.0. The standard InChI is InChI=1S/C13H17F2N/c1-3-4-6-10(2)16-12-8-5-7-11(9-12)13(14)15/h3,5,7-10,13,16H,1,4,6H2,2H3. The Hall–Kier alpha value is -1.38. The van der Waals surface area contributed by atoms with Crippen LogP contribution in [0.3, 0.4) is 0 Å². The molecule has 0 spiro atoms. The van der Waals surface area contributed by atoms with E-state index in [0.717, 1.165) is 18.5 Å². The van der Waals surface area contributed by atoms with Gasteiger partial charge in [-0.2, -0.15) is 0 Å². The molecule has 16 heavy (non-hydrogen) atoms. The van der Waals surface area contributed by atoms with Crippen molar-refractivity contribution >= 4 is 5.69 Å². The van der Waals surface area contributed by atoms with Crippen molar-refractivity contribution in [2.75, 3.05) is 5.32 Å². The second kappa shape index (κ2) is 6.26. The van der Waals surface area contributed by atoms with Gasteiger partial charge in [0, 0.05) is 17.3 Å². The molecule has 0 saturated heterocycles. The van der Waals surface area contributed by atoms with Crippen LogP contribution in [0.5, 0.6) is 0 Å². The van der Waals surface area contributed by atoms with E-state index < -0.39 is 6.43 Å². The highest BCUT2D eigenvalue weighted by Gasteiger charge is 2.07. The predicted molar refractivity (Wildman–Crippen MR) is 63.9 cm³/mol. The molecule has 1 aromatic rings. The third-order valence-electron chi connectivity index (χ3n) is 2.36. The van der Waals surface area contributed by atoms with Gasteiger partial charge >= 0.3 is 0 Å². The first-order chi connectivity index (χ1) is 7.63. The lowest BCUT2D eigenvalue weighted by molar-refractivity contribution is 0.151. The summed E-state index contributed by atoms with van der Waals surface area (Å²) in [5.74, 6) is 0. The highest BCUT2D eigenvalue weighted by molar-refractivity contribution is 5.46. The summed E-state index contributed by atoms with van der Waals surface area (Å²) in [4.78, 5) is 0. The summed E-state index contributed by atoms with van der Waals surface area (Å²) in [7, 11) is 0. The molecule has 0 saturated carbocycles. The number of nitrogens with one attached hydrogen (secondary N) is 1. The van der Waals surface area contributed by atoms with E-state index in [2.05, 4.69) is 11.9 Å². The number of benzene rings is 1. The lowest BCUT2D eigenvalue weighted by Gasteiger charge is -2.15. The van der Waals surface area contributed by atoms with Crippen LogP contribution in [0.25, 0.3) is 0 Å². The molecule has 0 fully saturated rings. The van der Waals surface area contributed by atoms with Crippen molar-refractivity contribution in [3.05, 3.63) is 42.5 Å². The van der Waals surface area contributed by atoms with Crippen molar-refractivity contribution in [1.29, 1.82) is 0 Å². The summed E-state index contributed by atoms with van der Waals surface area (Å²) in [5, 5.41) is 3.19. The number of hydrogen-bond donors (Lipinski definition) is 1. The number of hydrogen-bond acceptors (Lipinski definition) is 1. The largest absolute Gasteiger partial charge is 0.383 e. The molecule has 0 aliphatic carbocycles. The fourth-order valence-corrected chi connectivity index (χ4v) is 1.49. The van der Waals surface area contributed by atoms with Crippen molar-refractivity contribution in [3.63, 3.8) is 0 Å². The van der Waals surface area contributed by atoms with E-state index in [4.69, 9.17) is 0 Å². The molecule has 3 heteroatoms. The van der Waals surface area contributed by atoms with Crippen LogP contribution in [-0.4, -0.2) is 6.04 Å². The Balaban J connectivity index is 2.59. The molecular weight excluding hydrogens is 208 g/mol. The van der Waals surface area contributed by atoms with Crippen LogP contribution >= 0.6 is 0 Å². The first-order valence-corrected chi connectivity index (χ1v) is 5.39. The summed E-state index contributed by atoms with van der Waals surface area (Å²) in [6.07, 6.45) is 1.31. The Bertz CT molecular complexity index is 336. The van der Waals surface area contributed by atoms with Gasteiger partial charge in [-0.15, -0.1) is 6.58 Å². The van der Waals surface area contributed by atoms with E-state index in [1.807, 2.05) is 13.0 Å². The normalized spacial score (nSPS) is 12.5. The summed E-state index contributed by atoms with van der Waals surface area (Å²) in [6, 6.07) is 6.63. The van der Waals surface area contributed by atoms with Crippen LogP contribution in [0.15, 0.2) is 36.9 Å². The molecule has 1 unspecified atom stereocenters. The molecule has 0 aromatic heterocycles. The van der Waals surface area contributed by atoms with Crippen LogP contribution in [0.4, 0.5) is 14.5 Å². The molecule has 1 nitrogen and oxygen atoms in total. The SMILES string of the molecule is C=CCCC(C)Nc1cccc(C(F)F)c1. The molecule has 0 radical (unpaired) electrons. The van der Waals surface area contributed by atoms with Gasteiger partial charge in [0.25, 0.3) is 6.43 Å². The summed E-state index contributed by atoms with van der Waals surface area (Å²) < 4.78 is 24.9. The minimum Gasteiger partial charge on any atom is -0.383 e. The van der Waals surface area contributed by atoms with Crippen molar-refractivity contribution in [2.45, 2.75) is 32.2 Å². The molecule has 0 aliphatic heterocycles. The Morgan fingerprint density at radius 1 is 1.44 bits per heavy atom. The van der Waals surface area contributed by atoms with Gasteiger partial charge in [0.2, 0.25) is 0 Å². The molecule has 1 rings (SSSR count). The minimum atomic E-state index is -2.41. The van der Waals surface area contributed by atoms with Crippen LogP contribution in [0.2, 0.25) is 0 Å². The van der Waals surface area contributed by atoms with Gasteiger partial charge in [0.1, 0.15) is 0 Å². The summed E-state index contributed by atoms with van der Waals surface area (Å²) >= 11 is 0. The zero-order valence-electron chi connectivity index (χ0n) is 9.42. The molecule has 0 amide bonds. The third kappa shape index (κ3) is 4.01. The number of anilines is 1. The molecule has 1 N–H and O–H groups in total. The fraction of sp³-hybridized carbons (Fsp3) is 0.385. The first kappa shape index (κ1) is 12.7. The monoisotopic (exact) mass is 225 g/mol. The van der Waals surface area contributed by atoms with Gasteiger partial charge in [-0.1, -0.05) is 18.2 Å². The fourth-order valence-electron chi connectivity index (χ4n) is 1.49. The Kier molecular flexibility index (Phi) is 4.96. The Morgan fingerprint density at radius 2 is 2.19 bits per heavy atom. The summed E-state index contributed by atoms with van der Waals surface area (Å²) in [5.41, 5.74) is 0.801. The highest BCUT2D eigenvalue weighted by atomic mass is 19.3. The summed E-state index contributed by atoms with van der Waals surface area (Å²) in [6.45, 7) is 5.68. The van der Waals surface area contributed by atoms with Gasteiger partial charge in [-0.05, 0) is 31.9 Å². The number of rotatable bonds is 6. The molecule has 1 aromatic carbocycles. The maximum Gasteiger partial charge on any atom is 0.263 e. The smallest absolute Gasteiger partial charge is 0.263 e. The van der Waals surface area contributed by atoms with Gasteiger partial charge in [0.05, 0.1) is 0 Å². The molecule has 88 valence electrons. The average Bonchev–Trinajstić information content (AvgIpc) is 2.26. The number of alkyl halides is 2. The van der Waals surface area contributed by atoms with E-state index >= 15 is 0 Å². The van der Waals surface area contributed by atoms with Crippen LogP contribution in [0, 0.1) is 0 Å². The van der Waals surface area contributed by atoms with E-state index in [1.165, 1.54) is 12.1 Å². The Morgan fingerprint density at radius 3 is 2.81 bits per heavy atom. The number of halogens is 2. The predicted octanol–water partition coefficient (Wildman–Crippen LogP) is 4.39. The van der Waals surface area contributed by atoms with Crippen molar-refractivity contribution < 1.29 is 8.78 Å². The second-order valence-corrected chi connectivity index (χ2v) is 3.84. The quantitative estimate of drug-likeness (QED) is 0.708. The molecule has 0 bridgehead atoms. The lowest BCUT2D eigenvalue weighted by Crippen LogP contribution is -2.14. The van der Waals surface area contributed by atoms with E-state index in [1.54, 1.807) is 12.1 Å². The minimum absolute atomic E-state index is 0.0564. The Labute approximate surface area is 95.2 Å². The molecular formula is C13H17F2N. The average molecular weight is 225 g/mol. The maximum atomic E-state index is 12.4. The van der Waals surface area contributed by atoms with E-state index in [-0.39, 0.29) is 11.6 Å². The lowest BCUT2D eigenvalue weighted by atomic mass is 10.1. The first-order valence-electron chi connectivity index (χ1n) is 5.39. The number of allylic oxidation sites excluding steroid dienone is 1. The highest BCUT2D eigenvalue weighted by Crippen LogP contribution is 2.22. The van der Waals surface area contributed by atoms with Gasteiger partial charge < -0.3 is 5.32 Å². The van der Waals surface area contributed by atoms with Gasteiger partial charge in [0.15, 0.2) is 0 Å².